The van der Waals surface area contributed by atoms with E-state index in [0.29, 0.717) is 25.9 Å². The predicted molar refractivity (Wildman–Crippen MR) is 237 cm³/mol. The second-order valence-corrected chi connectivity index (χ2v) is 15.7. The second-order valence-electron chi connectivity index (χ2n) is 15.4. The highest BCUT2D eigenvalue weighted by Gasteiger charge is 2.34. The van der Waals surface area contributed by atoms with E-state index in [1.54, 1.807) is 0 Å². The van der Waals surface area contributed by atoms with Crippen LogP contribution in [0.15, 0.2) is 53.5 Å². The minimum absolute atomic E-state index is 0.0338. The first-order valence-corrected chi connectivity index (χ1v) is 21.0. The third-order valence-electron chi connectivity index (χ3n) is 10.3. The number of guanidine groups is 1. The normalized spacial score (nSPS) is 16.3. The zero-order chi connectivity index (χ0) is 47.5. The van der Waals surface area contributed by atoms with Crippen molar-refractivity contribution in [1.82, 2.24) is 25.5 Å². The van der Waals surface area contributed by atoms with E-state index in [9.17, 15) is 50.4 Å². The van der Waals surface area contributed by atoms with Crippen molar-refractivity contribution in [3.05, 3.63) is 70.5 Å². The molecule has 0 unspecified atom stereocenters. The van der Waals surface area contributed by atoms with E-state index in [0.717, 1.165) is 41.5 Å². The number of hydrogen-bond donors (Lipinski definition) is 16. The molecule has 0 radical (unpaired) electrons. The lowest BCUT2D eigenvalue weighted by molar-refractivity contribution is -0.130. The second kappa shape index (κ2) is 27.0. The molecule has 0 saturated heterocycles. The largest absolute Gasteiger partial charge is 0.394 e. The Kier molecular flexibility index (Phi) is 22.6. The Bertz CT molecular complexity index is 1890. The number of aliphatic hydroxyl groups excluding tert-OH is 10. The number of aryl methyl sites for hydroxylation is 2. The fourth-order valence-corrected chi connectivity index (χ4v) is 6.54. The number of hydrogen-bond acceptors (Lipinski definition) is 19. The van der Waals surface area contributed by atoms with Crippen LogP contribution in [0.3, 0.4) is 0 Å². The molecule has 0 fully saturated rings. The molecule has 20 N–H and O–H groups in total. The minimum atomic E-state index is -1.94. The predicted octanol–water partition coefficient (Wildman–Crippen LogP) is -4.03. The monoisotopic (exact) mass is 922 g/mol. The highest BCUT2D eigenvalue weighted by Crippen LogP contribution is 2.22. The minimum Gasteiger partial charge on any atom is -0.394 e. The van der Waals surface area contributed by atoms with E-state index in [-0.39, 0.29) is 41.4 Å². The molecule has 22 nitrogen and oxygen atoms in total. The number of rotatable bonds is 27. The van der Waals surface area contributed by atoms with Gasteiger partial charge in [-0.05, 0) is 60.8 Å². The lowest BCUT2D eigenvalue weighted by Gasteiger charge is -2.33. The van der Waals surface area contributed by atoms with Crippen LogP contribution in [-0.4, -0.2) is 185 Å². The quantitative estimate of drug-likeness (QED) is 0.0197. The molecule has 0 bridgehead atoms. The van der Waals surface area contributed by atoms with Crippen LogP contribution in [0.4, 0.5) is 11.6 Å². The van der Waals surface area contributed by atoms with Gasteiger partial charge in [-0.3, -0.25) is 24.8 Å². The Hall–Kier alpha value is -4.66. The van der Waals surface area contributed by atoms with Crippen molar-refractivity contribution < 1.29 is 60.7 Å². The van der Waals surface area contributed by atoms with Gasteiger partial charge in [0.1, 0.15) is 36.6 Å². The van der Waals surface area contributed by atoms with Crippen LogP contribution in [0.25, 0.3) is 11.1 Å². The Balaban J connectivity index is 1.42. The summed E-state index contributed by atoms with van der Waals surface area (Å²) >= 11 is 5.83. The number of benzene rings is 2. The first-order chi connectivity index (χ1) is 30.4. The number of carbonyl (C=O) groups excluding carboxylic acids is 2. The van der Waals surface area contributed by atoms with Gasteiger partial charge in [-0.25, -0.2) is 9.97 Å². The van der Waals surface area contributed by atoms with E-state index in [2.05, 4.69) is 37.7 Å². The highest BCUT2D eigenvalue weighted by molar-refractivity contribution is 6.31. The van der Waals surface area contributed by atoms with Gasteiger partial charge in [0.15, 0.2) is 28.4 Å². The van der Waals surface area contributed by atoms with E-state index in [1.807, 2.05) is 36.4 Å². The molecule has 0 saturated carbocycles. The van der Waals surface area contributed by atoms with Crippen molar-refractivity contribution >= 4 is 41.0 Å². The number of aliphatic hydroxyl groups is 10. The summed E-state index contributed by atoms with van der Waals surface area (Å²) in [5.74, 6) is -1.55. The average molecular weight is 923 g/mol. The fourth-order valence-electron chi connectivity index (χ4n) is 6.41. The first-order valence-electron chi connectivity index (χ1n) is 20.7. The molecule has 64 heavy (non-hydrogen) atoms. The summed E-state index contributed by atoms with van der Waals surface area (Å²) in [5, 5.41) is 104. The van der Waals surface area contributed by atoms with E-state index < -0.39 is 93.0 Å². The van der Waals surface area contributed by atoms with Crippen LogP contribution < -0.4 is 33.6 Å². The average Bonchev–Trinajstić information content (AvgIpc) is 3.28. The molecular weight excluding hydrogens is 860 g/mol. The van der Waals surface area contributed by atoms with Crippen LogP contribution >= 0.6 is 11.6 Å². The van der Waals surface area contributed by atoms with Crippen molar-refractivity contribution in [3.63, 3.8) is 0 Å². The molecule has 9 atom stereocenters. The zero-order valence-electron chi connectivity index (χ0n) is 35.3. The smallest absolute Gasteiger partial charge is 0.280 e. The maximum atomic E-state index is 12.8. The molecule has 23 heteroatoms. The Morgan fingerprint density at radius 1 is 0.703 bits per heavy atom. The SMILES string of the molecule is NC(=NCCCCc1ccc(-c2ccc(CCCNC(=O)[C@@H](N)CCN(C[C@H](O)[C@@H](O)[C@H](O)[C@H](O)CO)C[C@H](O)[C@@H](O)[C@H](O)[C@H](O)CO)cc2)cc1)NC(=O)c1nc(Cl)c(N)nc1N. The Morgan fingerprint density at radius 2 is 1.19 bits per heavy atom. The number of nitrogens with one attached hydrogen (secondary N) is 2. The van der Waals surface area contributed by atoms with Crippen molar-refractivity contribution in [1.29, 1.82) is 0 Å². The molecule has 2 aromatic carbocycles. The van der Waals surface area contributed by atoms with Crippen LogP contribution in [-0.2, 0) is 17.6 Å². The van der Waals surface area contributed by atoms with E-state index in [1.165, 1.54) is 4.90 Å². The fraction of sp³-hybridized carbons (Fsp3) is 0.537. The van der Waals surface area contributed by atoms with E-state index in [4.69, 9.17) is 44.7 Å². The Labute approximate surface area is 375 Å². The molecule has 0 spiro atoms. The number of carbonyl (C=O) groups is 2. The maximum Gasteiger partial charge on any atom is 0.280 e. The van der Waals surface area contributed by atoms with Gasteiger partial charge in [-0.2, -0.15) is 0 Å². The summed E-state index contributed by atoms with van der Waals surface area (Å²) in [6.45, 7) is -2.14. The number of aliphatic imine (C=N–C) groups is 1. The number of nitrogens with zero attached hydrogens (tertiary/aromatic N) is 4. The van der Waals surface area contributed by atoms with Crippen LogP contribution in [0, 0.1) is 0 Å². The molecule has 3 rings (SSSR count). The van der Waals surface area contributed by atoms with Gasteiger partial charge in [0.25, 0.3) is 5.91 Å². The number of halogens is 1. The third-order valence-corrected chi connectivity index (χ3v) is 10.6. The first kappa shape index (κ1) is 53.7. The number of unbranched alkanes of at least 4 members (excludes halogenated alkanes) is 1. The molecular formula is C41H63ClN10O12. The van der Waals surface area contributed by atoms with Crippen molar-refractivity contribution in [3.8, 4) is 11.1 Å². The number of nitrogens with two attached hydrogens (primary N) is 4. The number of aromatic nitrogens is 2. The third kappa shape index (κ3) is 17.0. The van der Waals surface area contributed by atoms with Gasteiger partial charge >= 0.3 is 0 Å². The topological polar surface area (TPSA) is 406 Å². The molecule has 2 amide bonds. The van der Waals surface area contributed by atoms with E-state index >= 15 is 0 Å². The maximum absolute atomic E-state index is 12.8. The molecule has 1 heterocycles. The van der Waals surface area contributed by atoms with Crippen molar-refractivity contribution in [2.75, 3.05) is 57.4 Å². The molecule has 1 aromatic heterocycles. The van der Waals surface area contributed by atoms with Crippen LogP contribution in [0.2, 0.25) is 5.15 Å². The van der Waals surface area contributed by atoms with Crippen LogP contribution in [0.5, 0.6) is 0 Å². The van der Waals surface area contributed by atoms with Crippen LogP contribution in [0.1, 0.15) is 47.3 Å². The standard InChI is InChI=1S/C41H63ClN10O12/c42-36-38(45)50-37(44)31(49-36)40(64)51-41(46)48-15-2-1-4-22-6-10-24(11-7-22)25-12-8-23(9-13-25)5-3-16-47-39(63)26(43)14-17-52(18-27(55)32(59)34(61)29(57)20-53)19-28(56)33(60)35(62)30(58)21-54/h6-13,26-30,32-35,53-62H,1-5,14-21,43H2,(H,47,63)(H4,44,45,50)(H3,46,48,51,64)/t26-,27-,28-,29+,30+,32+,33+,34+,35+/m0/s1. The number of anilines is 2. The summed E-state index contributed by atoms with van der Waals surface area (Å²) in [7, 11) is 0. The van der Waals surface area contributed by atoms with Gasteiger partial charge in [0, 0.05) is 32.7 Å². The Morgan fingerprint density at radius 3 is 1.69 bits per heavy atom. The lowest BCUT2D eigenvalue weighted by atomic mass is 9.99. The van der Waals surface area contributed by atoms with Gasteiger partial charge in [-0.15, -0.1) is 0 Å². The zero-order valence-corrected chi connectivity index (χ0v) is 36.0. The summed E-state index contributed by atoms with van der Waals surface area (Å²) in [4.78, 5) is 38.3. The summed E-state index contributed by atoms with van der Waals surface area (Å²) < 4.78 is 0. The van der Waals surface area contributed by atoms with Gasteiger partial charge in [0.2, 0.25) is 5.91 Å². The van der Waals surface area contributed by atoms with Gasteiger partial charge in [0.05, 0.1) is 31.5 Å². The highest BCUT2D eigenvalue weighted by atomic mass is 35.5. The summed E-state index contributed by atoms with van der Waals surface area (Å²) in [5.41, 5.74) is 27.3. The van der Waals surface area contributed by atoms with Gasteiger partial charge < -0.3 is 79.3 Å². The molecule has 3 aromatic rings. The number of nitrogen functional groups attached to an aromatic ring is 2. The molecule has 0 aliphatic rings. The molecule has 0 aliphatic carbocycles. The van der Waals surface area contributed by atoms with Crippen molar-refractivity contribution in [2.45, 2.75) is 93.4 Å². The summed E-state index contributed by atoms with van der Waals surface area (Å²) in [6, 6.07) is 15.2. The molecule has 356 valence electrons. The van der Waals surface area contributed by atoms with Crippen molar-refractivity contribution in [2.24, 2.45) is 16.5 Å². The summed E-state index contributed by atoms with van der Waals surface area (Å²) in [6.07, 6.45) is -11.2. The lowest BCUT2D eigenvalue weighted by Crippen LogP contribution is -2.54. The number of amides is 2. The van der Waals surface area contributed by atoms with Gasteiger partial charge in [-0.1, -0.05) is 60.1 Å². The molecule has 0 aliphatic heterocycles.